The van der Waals surface area contributed by atoms with Crippen LogP contribution in [-0.4, -0.2) is 16.1 Å². The van der Waals surface area contributed by atoms with Crippen molar-refractivity contribution in [2.75, 3.05) is 0 Å². The average molecular weight is 230 g/mol. The van der Waals surface area contributed by atoms with E-state index in [9.17, 15) is 13.6 Å². The molecule has 0 radical (unpaired) electrons. The lowest BCUT2D eigenvalue weighted by atomic mass is 10.0. The van der Waals surface area contributed by atoms with Gasteiger partial charge in [-0.1, -0.05) is 0 Å². The highest BCUT2D eigenvalue weighted by molar-refractivity contribution is 5.71. The van der Waals surface area contributed by atoms with Crippen molar-refractivity contribution in [3.05, 3.63) is 28.6 Å². The number of hydrogen-bond acceptors (Lipinski definition) is 3. The van der Waals surface area contributed by atoms with E-state index in [4.69, 9.17) is 10.8 Å². The van der Waals surface area contributed by atoms with Crippen molar-refractivity contribution < 1.29 is 18.7 Å². The number of aromatic nitrogens is 1. The maximum atomic E-state index is 12.7. The molecule has 0 fully saturated rings. The number of aryl methyl sites for hydroxylation is 1. The highest BCUT2D eigenvalue weighted by atomic mass is 19.3. The van der Waals surface area contributed by atoms with E-state index in [1.165, 1.54) is 13.0 Å². The monoisotopic (exact) mass is 230 g/mol. The van der Waals surface area contributed by atoms with Crippen LogP contribution in [0.3, 0.4) is 0 Å². The fourth-order valence-corrected chi connectivity index (χ4v) is 1.53. The predicted octanol–water partition coefficient (Wildman–Crippen LogP) is 1.41. The first kappa shape index (κ1) is 12.5. The van der Waals surface area contributed by atoms with Crippen molar-refractivity contribution >= 4 is 5.97 Å². The fraction of sp³-hybridized carbons (Fsp3) is 0.400. The van der Waals surface area contributed by atoms with Crippen LogP contribution in [0.5, 0.6) is 0 Å². The molecule has 1 rings (SSSR count). The second-order valence-electron chi connectivity index (χ2n) is 3.35. The van der Waals surface area contributed by atoms with Crippen LogP contribution in [-0.2, 0) is 17.8 Å². The third-order valence-corrected chi connectivity index (χ3v) is 2.16. The van der Waals surface area contributed by atoms with Gasteiger partial charge < -0.3 is 10.8 Å². The van der Waals surface area contributed by atoms with Crippen LogP contribution in [0.15, 0.2) is 6.07 Å². The molecule has 0 unspecified atom stereocenters. The molecule has 0 amide bonds. The maximum Gasteiger partial charge on any atom is 0.307 e. The lowest BCUT2D eigenvalue weighted by Gasteiger charge is -2.11. The normalized spacial score (nSPS) is 10.8. The second kappa shape index (κ2) is 4.98. The molecular formula is C10H12F2N2O2. The molecule has 3 N–H and O–H groups in total. The molecule has 0 spiro atoms. The molecule has 6 heteroatoms. The third-order valence-electron chi connectivity index (χ3n) is 2.16. The molecule has 0 aliphatic rings. The van der Waals surface area contributed by atoms with Gasteiger partial charge in [-0.2, -0.15) is 0 Å². The number of nitrogens with zero attached hydrogens (tertiary/aromatic N) is 1. The van der Waals surface area contributed by atoms with E-state index in [0.29, 0.717) is 5.69 Å². The van der Waals surface area contributed by atoms with Crippen molar-refractivity contribution in [1.82, 2.24) is 4.98 Å². The van der Waals surface area contributed by atoms with Crippen LogP contribution >= 0.6 is 0 Å². The van der Waals surface area contributed by atoms with Gasteiger partial charge in [0.1, 0.15) is 0 Å². The van der Waals surface area contributed by atoms with Gasteiger partial charge in [-0.25, -0.2) is 8.78 Å². The van der Waals surface area contributed by atoms with Crippen LogP contribution in [0.4, 0.5) is 8.78 Å². The number of carboxylic acid groups (broad SMARTS) is 1. The van der Waals surface area contributed by atoms with Crippen molar-refractivity contribution in [1.29, 1.82) is 0 Å². The number of pyridine rings is 1. The van der Waals surface area contributed by atoms with E-state index < -0.39 is 18.8 Å². The zero-order valence-electron chi connectivity index (χ0n) is 8.70. The van der Waals surface area contributed by atoms with Gasteiger partial charge in [-0.3, -0.25) is 9.78 Å². The van der Waals surface area contributed by atoms with Crippen molar-refractivity contribution in [3.8, 4) is 0 Å². The molecule has 0 saturated heterocycles. The molecule has 4 nitrogen and oxygen atoms in total. The van der Waals surface area contributed by atoms with Crippen LogP contribution in [0.25, 0.3) is 0 Å². The number of nitrogens with two attached hydrogens (primary N) is 1. The van der Waals surface area contributed by atoms with E-state index in [1.807, 2.05) is 0 Å². The largest absolute Gasteiger partial charge is 0.481 e. The van der Waals surface area contributed by atoms with Crippen LogP contribution in [0.1, 0.15) is 28.9 Å². The molecule has 0 aromatic carbocycles. The molecular weight excluding hydrogens is 218 g/mol. The Morgan fingerprint density at radius 2 is 2.25 bits per heavy atom. The maximum absolute atomic E-state index is 12.7. The number of carboxylic acids is 1. The molecule has 1 heterocycles. The molecule has 1 aromatic rings. The van der Waals surface area contributed by atoms with E-state index in [0.717, 1.165) is 0 Å². The lowest BCUT2D eigenvalue weighted by Crippen LogP contribution is -2.10. The number of hydrogen-bond donors (Lipinski definition) is 2. The molecule has 0 aliphatic carbocycles. The average Bonchev–Trinajstić information content (AvgIpc) is 2.14. The van der Waals surface area contributed by atoms with Crippen LogP contribution in [0.2, 0.25) is 0 Å². The van der Waals surface area contributed by atoms with Gasteiger partial charge >= 0.3 is 5.97 Å². The van der Waals surface area contributed by atoms with E-state index in [1.54, 1.807) is 0 Å². The van der Waals surface area contributed by atoms with Crippen LogP contribution < -0.4 is 5.73 Å². The van der Waals surface area contributed by atoms with Crippen molar-refractivity contribution in [3.63, 3.8) is 0 Å². The fourth-order valence-electron chi connectivity index (χ4n) is 1.53. The van der Waals surface area contributed by atoms with E-state index in [2.05, 4.69) is 4.98 Å². The lowest BCUT2D eigenvalue weighted by molar-refractivity contribution is -0.136. The van der Waals surface area contributed by atoms with Gasteiger partial charge in [0.25, 0.3) is 6.43 Å². The van der Waals surface area contributed by atoms with Gasteiger partial charge in [0.05, 0.1) is 12.1 Å². The van der Waals surface area contributed by atoms with Crippen molar-refractivity contribution in [2.45, 2.75) is 26.3 Å². The summed E-state index contributed by atoms with van der Waals surface area (Å²) >= 11 is 0. The third kappa shape index (κ3) is 2.73. The zero-order chi connectivity index (χ0) is 12.3. The quantitative estimate of drug-likeness (QED) is 0.820. The number of rotatable bonds is 4. The van der Waals surface area contributed by atoms with E-state index >= 15 is 0 Å². The summed E-state index contributed by atoms with van der Waals surface area (Å²) in [7, 11) is 0. The number of alkyl halides is 2. The summed E-state index contributed by atoms with van der Waals surface area (Å²) in [5.41, 5.74) is 5.67. The molecule has 16 heavy (non-hydrogen) atoms. The first-order valence-corrected chi connectivity index (χ1v) is 4.65. The number of carbonyl (C=O) groups is 1. The topological polar surface area (TPSA) is 76.2 Å². The van der Waals surface area contributed by atoms with Gasteiger partial charge in [0.15, 0.2) is 0 Å². The Bertz CT molecular complexity index is 408. The summed E-state index contributed by atoms with van der Waals surface area (Å²) in [5.74, 6) is -1.16. The minimum Gasteiger partial charge on any atom is -0.481 e. The Labute approximate surface area is 91.1 Å². The Balaban J connectivity index is 3.28. The summed E-state index contributed by atoms with van der Waals surface area (Å²) in [4.78, 5) is 14.4. The zero-order valence-corrected chi connectivity index (χ0v) is 8.70. The molecule has 0 aliphatic heterocycles. The predicted molar refractivity (Wildman–Crippen MR) is 53.2 cm³/mol. The summed E-state index contributed by atoms with van der Waals surface area (Å²) in [6.07, 6.45) is -3.18. The summed E-state index contributed by atoms with van der Waals surface area (Å²) in [5, 5.41) is 8.63. The molecule has 1 aromatic heterocycles. The molecule has 0 bridgehead atoms. The molecule has 0 atom stereocenters. The first-order valence-electron chi connectivity index (χ1n) is 4.65. The Kier molecular flexibility index (Phi) is 3.89. The summed E-state index contributed by atoms with van der Waals surface area (Å²) in [6, 6.07) is 1.32. The highest BCUT2D eigenvalue weighted by Gasteiger charge is 2.19. The minimum atomic E-state index is -2.73. The van der Waals surface area contributed by atoms with E-state index in [-0.39, 0.29) is 23.4 Å². The molecule has 0 saturated carbocycles. The first-order chi connectivity index (χ1) is 7.45. The standard InChI is InChI=1S/C10H12F2N2O2/c1-5-9(10(11)12)6(3-8(15)16)2-7(4-13)14-5/h2,10H,3-4,13H2,1H3,(H,15,16). The Hall–Kier alpha value is -1.56. The number of halogens is 2. The van der Waals surface area contributed by atoms with Gasteiger partial charge in [-0.15, -0.1) is 0 Å². The molecule has 88 valence electrons. The second-order valence-corrected chi connectivity index (χ2v) is 3.35. The SMILES string of the molecule is Cc1nc(CN)cc(CC(=O)O)c1C(F)F. The Morgan fingerprint density at radius 3 is 2.69 bits per heavy atom. The smallest absolute Gasteiger partial charge is 0.307 e. The summed E-state index contributed by atoms with van der Waals surface area (Å²) in [6.45, 7) is 1.52. The number of aliphatic carboxylic acids is 1. The Morgan fingerprint density at radius 1 is 1.62 bits per heavy atom. The van der Waals surface area contributed by atoms with Gasteiger partial charge in [0.2, 0.25) is 0 Å². The van der Waals surface area contributed by atoms with Gasteiger partial charge in [-0.05, 0) is 18.6 Å². The van der Waals surface area contributed by atoms with Crippen LogP contribution in [0, 0.1) is 6.92 Å². The van der Waals surface area contributed by atoms with Gasteiger partial charge in [0, 0.05) is 17.8 Å². The minimum absolute atomic E-state index is 0.0791. The van der Waals surface area contributed by atoms with Crippen molar-refractivity contribution in [2.24, 2.45) is 5.73 Å². The highest BCUT2D eigenvalue weighted by Crippen LogP contribution is 2.26. The summed E-state index contributed by atoms with van der Waals surface area (Å²) < 4.78 is 25.4.